The number of nitrogens with zero attached hydrogens (tertiary/aromatic N) is 3. The van der Waals surface area contributed by atoms with Gasteiger partial charge in [0.15, 0.2) is 5.82 Å². The predicted molar refractivity (Wildman–Crippen MR) is 94.5 cm³/mol. The Balaban J connectivity index is 1.64. The molecular weight excluding hydrogens is 304 g/mol. The number of anilines is 1. The number of rotatable bonds is 6. The van der Waals surface area contributed by atoms with E-state index in [4.69, 9.17) is 9.47 Å². The molecule has 0 amide bonds. The Morgan fingerprint density at radius 1 is 1.17 bits per heavy atom. The van der Waals surface area contributed by atoms with Crippen molar-refractivity contribution in [2.75, 3.05) is 51.8 Å². The summed E-state index contributed by atoms with van der Waals surface area (Å²) in [7, 11) is 1.66. The normalized spacial score (nSPS) is 15.2. The third-order valence-corrected chi connectivity index (χ3v) is 4.04. The minimum absolute atomic E-state index is 0.728. The molecule has 0 atom stereocenters. The maximum Gasteiger partial charge on any atom is 0.161 e. The second kappa shape index (κ2) is 8.08. The molecule has 3 rings (SSSR count). The van der Waals surface area contributed by atoms with E-state index in [2.05, 4.69) is 20.2 Å². The van der Waals surface area contributed by atoms with Crippen molar-refractivity contribution in [2.24, 2.45) is 0 Å². The first-order valence-corrected chi connectivity index (χ1v) is 8.29. The molecule has 0 unspecified atom stereocenters. The van der Waals surface area contributed by atoms with E-state index in [1.807, 2.05) is 37.3 Å². The summed E-state index contributed by atoms with van der Waals surface area (Å²) >= 11 is 0. The van der Waals surface area contributed by atoms with E-state index in [0.717, 1.165) is 68.0 Å². The van der Waals surface area contributed by atoms with Crippen LogP contribution in [-0.4, -0.2) is 61.4 Å². The highest BCUT2D eigenvalue weighted by Gasteiger charge is 2.10. The Morgan fingerprint density at radius 3 is 2.62 bits per heavy atom. The van der Waals surface area contributed by atoms with Gasteiger partial charge in [-0.1, -0.05) is 0 Å². The molecular formula is C18H24N4O2. The molecule has 24 heavy (non-hydrogen) atoms. The maximum absolute atomic E-state index is 5.37. The van der Waals surface area contributed by atoms with Crippen LogP contribution in [0.2, 0.25) is 0 Å². The largest absolute Gasteiger partial charge is 0.497 e. The number of hydrogen-bond donors (Lipinski definition) is 1. The predicted octanol–water partition coefficient (Wildman–Crippen LogP) is 2.20. The Hall–Kier alpha value is -2.18. The standard InChI is InChI=1S/C18H24N4O2/c1-14-13-17(19-7-8-22-9-11-24-12-10-22)21-18(20-14)15-3-5-16(23-2)6-4-15/h3-6,13H,7-12H2,1-2H3,(H,19,20,21). The number of aromatic nitrogens is 2. The van der Waals surface area contributed by atoms with E-state index in [1.54, 1.807) is 7.11 Å². The van der Waals surface area contributed by atoms with Gasteiger partial charge in [0.1, 0.15) is 11.6 Å². The van der Waals surface area contributed by atoms with Crippen LogP contribution in [-0.2, 0) is 4.74 Å². The quantitative estimate of drug-likeness (QED) is 0.877. The van der Waals surface area contributed by atoms with Crippen LogP contribution in [0.25, 0.3) is 11.4 Å². The average molecular weight is 328 g/mol. The molecule has 1 aromatic carbocycles. The monoisotopic (exact) mass is 328 g/mol. The summed E-state index contributed by atoms with van der Waals surface area (Å²) in [6.45, 7) is 7.50. The molecule has 1 aliphatic rings. The average Bonchev–Trinajstić information content (AvgIpc) is 2.62. The van der Waals surface area contributed by atoms with Gasteiger partial charge in [0, 0.05) is 43.5 Å². The van der Waals surface area contributed by atoms with Gasteiger partial charge in [0.25, 0.3) is 0 Å². The third-order valence-electron chi connectivity index (χ3n) is 4.04. The van der Waals surface area contributed by atoms with Crippen molar-refractivity contribution in [3.05, 3.63) is 36.0 Å². The third kappa shape index (κ3) is 4.43. The van der Waals surface area contributed by atoms with E-state index in [1.165, 1.54) is 0 Å². The molecule has 0 bridgehead atoms. The van der Waals surface area contributed by atoms with Gasteiger partial charge in [-0.2, -0.15) is 0 Å². The number of aryl methyl sites for hydroxylation is 1. The second-order valence-corrected chi connectivity index (χ2v) is 5.83. The fraction of sp³-hybridized carbons (Fsp3) is 0.444. The molecule has 6 nitrogen and oxygen atoms in total. The highest BCUT2D eigenvalue weighted by Crippen LogP contribution is 2.21. The molecule has 1 aliphatic heterocycles. The van der Waals surface area contributed by atoms with E-state index in [9.17, 15) is 0 Å². The van der Waals surface area contributed by atoms with Gasteiger partial charge >= 0.3 is 0 Å². The first-order chi connectivity index (χ1) is 11.7. The van der Waals surface area contributed by atoms with Crippen LogP contribution in [0.4, 0.5) is 5.82 Å². The van der Waals surface area contributed by atoms with Crippen molar-refractivity contribution in [2.45, 2.75) is 6.92 Å². The lowest BCUT2D eigenvalue weighted by Crippen LogP contribution is -2.39. The summed E-state index contributed by atoms with van der Waals surface area (Å²) in [6, 6.07) is 9.78. The first kappa shape index (κ1) is 16.7. The maximum atomic E-state index is 5.37. The van der Waals surface area contributed by atoms with Crippen LogP contribution >= 0.6 is 0 Å². The minimum atomic E-state index is 0.728. The molecule has 0 saturated carbocycles. The Morgan fingerprint density at radius 2 is 1.92 bits per heavy atom. The Bertz CT molecular complexity index is 655. The van der Waals surface area contributed by atoms with Crippen molar-refractivity contribution < 1.29 is 9.47 Å². The molecule has 128 valence electrons. The zero-order valence-electron chi connectivity index (χ0n) is 14.3. The van der Waals surface area contributed by atoms with Gasteiger partial charge in [-0.15, -0.1) is 0 Å². The summed E-state index contributed by atoms with van der Waals surface area (Å²) < 4.78 is 10.6. The van der Waals surface area contributed by atoms with Crippen LogP contribution in [0.15, 0.2) is 30.3 Å². The van der Waals surface area contributed by atoms with Gasteiger partial charge < -0.3 is 14.8 Å². The summed E-state index contributed by atoms with van der Waals surface area (Å²) in [5, 5.41) is 3.41. The van der Waals surface area contributed by atoms with Gasteiger partial charge in [-0.05, 0) is 31.2 Å². The molecule has 6 heteroatoms. The van der Waals surface area contributed by atoms with E-state index in [-0.39, 0.29) is 0 Å². The van der Waals surface area contributed by atoms with Crippen LogP contribution in [0, 0.1) is 6.92 Å². The van der Waals surface area contributed by atoms with E-state index < -0.39 is 0 Å². The van der Waals surface area contributed by atoms with E-state index >= 15 is 0 Å². The highest BCUT2D eigenvalue weighted by atomic mass is 16.5. The molecule has 2 heterocycles. The summed E-state index contributed by atoms with van der Waals surface area (Å²) in [5.74, 6) is 2.42. The Labute approximate surface area is 142 Å². The molecule has 0 spiro atoms. The van der Waals surface area contributed by atoms with Crippen molar-refractivity contribution in [1.82, 2.24) is 14.9 Å². The molecule has 0 radical (unpaired) electrons. The molecule has 2 aromatic rings. The number of benzene rings is 1. The number of ether oxygens (including phenoxy) is 2. The van der Waals surface area contributed by atoms with E-state index in [0.29, 0.717) is 0 Å². The molecule has 0 aliphatic carbocycles. The van der Waals surface area contributed by atoms with Crippen LogP contribution in [0.1, 0.15) is 5.69 Å². The van der Waals surface area contributed by atoms with Crippen LogP contribution in [0.3, 0.4) is 0 Å². The lowest BCUT2D eigenvalue weighted by Gasteiger charge is -2.26. The topological polar surface area (TPSA) is 59.5 Å². The van der Waals surface area contributed by atoms with Gasteiger partial charge in [0.05, 0.1) is 20.3 Å². The van der Waals surface area contributed by atoms with Gasteiger partial charge in [-0.3, -0.25) is 4.90 Å². The number of nitrogens with one attached hydrogen (secondary N) is 1. The lowest BCUT2D eigenvalue weighted by atomic mass is 10.2. The summed E-state index contributed by atoms with van der Waals surface area (Å²) in [5.41, 5.74) is 1.93. The molecule has 1 saturated heterocycles. The smallest absolute Gasteiger partial charge is 0.161 e. The molecule has 1 N–H and O–H groups in total. The minimum Gasteiger partial charge on any atom is -0.497 e. The van der Waals surface area contributed by atoms with Crippen molar-refractivity contribution in [3.63, 3.8) is 0 Å². The van der Waals surface area contributed by atoms with Crippen LogP contribution in [0.5, 0.6) is 5.75 Å². The molecule has 1 fully saturated rings. The number of hydrogen-bond acceptors (Lipinski definition) is 6. The second-order valence-electron chi connectivity index (χ2n) is 5.83. The zero-order chi connectivity index (χ0) is 16.8. The number of methoxy groups -OCH3 is 1. The fourth-order valence-corrected chi connectivity index (χ4v) is 2.70. The highest BCUT2D eigenvalue weighted by molar-refractivity contribution is 5.58. The molecule has 1 aromatic heterocycles. The summed E-state index contributed by atoms with van der Waals surface area (Å²) in [6.07, 6.45) is 0. The van der Waals surface area contributed by atoms with Crippen molar-refractivity contribution >= 4 is 5.82 Å². The fourth-order valence-electron chi connectivity index (χ4n) is 2.70. The van der Waals surface area contributed by atoms with Crippen molar-refractivity contribution in [1.29, 1.82) is 0 Å². The lowest BCUT2D eigenvalue weighted by molar-refractivity contribution is 0.0398. The number of morpholine rings is 1. The van der Waals surface area contributed by atoms with Crippen LogP contribution < -0.4 is 10.1 Å². The SMILES string of the molecule is COc1ccc(-c2nc(C)cc(NCCN3CCOCC3)n2)cc1. The first-order valence-electron chi connectivity index (χ1n) is 8.29. The van der Waals surface area contributed by atoms with Gasteiger partial charge in [0.2, 0.25) is 0 Å². The summed E-state index contributed by atoms with van der Waals surface area (Å²) in [4.78, 5) is 11.6. The van der Waals surface area contributed by atoms with Crippen molar-refractivity contribution in [3.8, 4) is 17.1 Å². The van der Waals surface area contributed by atoms with Gasteiger partial charge in [-0.25, -0.2) is 9.97 Å². The Kier molecular flexibility index (Phi) is 5.61. The zero-order valence-corrected chi connectivity index (χ0v) is 14.3.